The monoisotopic (exact) mass is 502 g/mol. The summed E-state index contributed by atoms with van der Waals surface area (Å²) in [5.41, 5.74) is 10.3. The molecule has 0 aliphatic heterocycles. The number of nitrogens with zero attached hydrogens (tertiary/aromatic N) is 1. The molecule has 0 radical (unpaired) electrons. The maximum absolute atomic E-state index is 13.1. The Labute approximate surface area is 224 Å². The third kappa shape index (κ3) is 4.95. The second kappa shape index (κ2) is 10.6. The fourth-order valence-corrected chi connectivity index (χ4v) is 5.12. The van der Waals surface area contributed by atoms with Crippen molar-refractivity contribution in [3.8, 4) is 16.9 Å². The van der Waals surface area contributed by atoms with Crippen LogP contribution < -0.4 is 10.1 Å². The zero-order chi connectivity index (χ0) is 26.8. The van der Waals surface area contributed by atoms with Gasteiger partial charge in [-0.2, -0.15) is 0 Å². The zero-order valence-electron chi connectivity index (χ0n) is 22.7. The number of aryl methyl sites for hydroxylation is 2. The van der Waals surface area contributed by atoms with E-state index in [1.165, 1.54) is 33.5 Å². The second-order valence-electron chi connectivity index (χ2n) is 10.0. The van der Waals surface area contributed by atoms with Crippen LogP contribution in [-0.2, 0) is 6.54 Å². The van der Waals surface area contributed by atoms with Gasteiger partial charge in [-0.1, -0.05) is 60.7 Å². The van der Waals surface area contributed by atoms with Gasteiger partial charge in [-0.05, 0) is 91.4 Å². The fraction of sp³-hybridized carbons (Fsp3) is 0.206. The Morgan fingerprint density at radius 3 is 2.29 bits per heavy atom. The first-order valence-electron chi connectivity index (χ1n) is 13.0. The number of aromatic nitrogens is 1. The van der Waals surface area contributed by atoms with Crippen LogP contribution >= 0.6 is 0 Å². The van der Waals surface area contributed by atoms with Crippen molar-refractivity contribution in [2.24, 2.45) is 0 Å². The minimum atomic E-state index is -0.112. The quantitative estimate of drug-likeness (QED) is 0.247. The van der Waals surface area contributed by atoms with Crippen LogP contribution in [0.25, 0.3) is 22.0 Å². The molecule has 1 unspecified atom stereocenters. The summed E-state index contributed by atoms with van der Waals surface area (Å²) in [6.45, 7) is 9.22. The van der Waals surface area contributed by atoms with E-state index in [1.807, 2.05) is 43.3 Å². The van der Waals surface area contributed by atoms with Crippen LogP contribution in [0.15, 0.2) is 91.0 Å². The molecule has 192 valence electrons. The Bertz CT molecular complexity index is 1590. The Hall–Kier alpha value is -4.31. The Morgan fingerprint density at radius 2 is 1.61 bits per heavy atom. The first kappa shape index (κ1) is 25.3. The van der Waals surface area contributed by atoms with Crippen molar-refractivity contribution >= 4 is 16.8 Å². The van der Waals surface area contributed by atoms with Gasteiger partial charge < -0.3 is 14.6 Å². The number of carbonyl (C=O) groups excluding carboxylic acids is 1. The number of amides is 1. The molecule has 0 saturated carbocycles. The standard InChI is InChI=1S/C34H34N2O2/c1-22-8-6-7-9-31(22)28-12-10-26(11-13-28)21-36-25(4)23(2)32-20-29(16-19-33(32)36)34(37)35-24(3)27-14-17-30(38-5)18-15-27/h6-20,24H,21H2,1-5H3,(H,35,37). The highest BCUT2D eigenvalue weighted by Crippen LogP contribution is 2.29. The lowest BCUT2D eigenvalue weighted by molar-refractivity contribution is 0.0940. The molecule has 0 bridgehead atoms. The molecule has 1 amide bonds. The van der Waals surface area contributed by atoms with Gasteiger partial charge >= 0.3 is 0 Å². The van der Waals surface area contributed by atoms with Crippen LogP contribution in [-0.4, -0.2) is 17.6 Å². The molecule has 0 spiro atoms. The summed E-state index contributed by atoms with van der Waals surface area (Å²) < 4.78 is 7.58. The lowest BCUT2D eigenvalue weighted by Crippen LogP contribution is -2.26. The van der Waals surface area contributed by atoms with E-state index in [0.717, 1.165) is 28.8 Å². The number of hydrogen-bond acceptors (Lipinski definition) is 2. The van der Waals surface area contributed by atoms with Gasteiger partial charge in [0.25, 0.3) is 5.91 Å². The fourth-order valence-electron chi connectivity index (χ4n) is 5.12. The van der Waals surface area contributed by atoms with Gasteiger partial charge in [-0.15, -0.1) is 0 Å². The molecule has 5 aromatic rings. The van der Waals surface area contributed by atoms with Gasteiger partial charge in [0.1, 0.15) is 5.75 Å². The zero-order valence-corrected chi connectivity index (χ0v) is 22.7. The largest absolute Gasteiger partial charge is 0.497 e. The van der Waals surface area contributed by atoms with Crippen LogP contribution in [0.2, 0.25) is 0 Å². The van der Waals surface area contributed by atoms with Crippen LogP contribution in [0.3, 0.4) is 0 Å². The summed E-state index contributed by atoms with van der Waals surface area (Å²) in [5.74, 6) is 0.724. The number of fused-ring (bicyclic) bond motifs is 1. The topological polar surface area (TPSA) is 43.3 Å². The Morgan fingerprint density at radius 1 is 0.895 bits per heavy atom. The molecule has 0 saturated heterocycles. The molecule has 1 aromatic heterocycles. The van der Waals surface area contributed by atoms with Crippen molar-refractivity contribution in [2.45, 2.75) is 40.3 Å². The number of methoxy groups -OCH3 is 1. The molecule has 0 aliphatic carbocycles. The van der Waals surface area contributed by atoms with E-state index in [1.54, 1.807) is 7.11 Å². The van der Waals surface area contributed by atoms with Crippen molar-refractivity contribution in [1.82, 2.24) is 9.88 Å². The van der Waals surface area contributed by atoms with Gasteiger partial charge in [0.05, 0.1) is 13.2 Å². The highest BCUT2D eigenvalue weighted by molar-refractivity contribution is 5.99. The van der Waals surface area contributed by atoms with E-state index in [0.29, 0.717) is 5.56 Å². The predicted octanol–water partition coefficient (Wildman–Crippen LogP) is 7.78. The first-order chi connectivity index (χ1) is 18.4. The lowest BCUT2D eigenvalue weighted by Gasteiger charge is -2.15. The van der Waals surface area contributed by atoms with Gasteiger partial charge in [-0.25, -0.2) is 0 Å². The average molecular weight is 503 g/mol. The highest BCUT2D eigenvalue weighted by Gasteiger charge is 2.16. The van der Waals surface area contributed by atoms with Crippen LogP contribution in [0, 0.1) is 20.8 Å². The minimum absolute atomic E-state index is 0.0770. The molecule has 1 heterocycles. The number of benzene rings is 4. The normalized spacial score (nSPS) is 11.9. The smallest absolute Gasteiger partial charge is 0.251 e. The van der Waals surface area contributed by atoms with Crippen LogP contribution in [0.5, 0.6) is 5.75 Å². The van der Waals surface area contributed by atoms with Gasteiger partial charge in [0.2, 0.25) is 0 Å². The van der Waals surface area contributed by atoms with E-state index >= 15 is 0 Å². The molecular formula is C34H34N2O2. The maximum Gasteiger partial charge on any atom is 0.251 e. The van der Waals surface area contributed by atoms with Crippen molar-refractivity contribution in [2.75, 3.05) is 7.11 Å². The van der Waals surface area contributed by atoms with E-state index < -0.39 is 0 Å². The molecule has 1 atom stereocenters. The van der Waals surface area contributed by atoms with Crippen molar-refractivity contribution in [1.29, 1.82) is 0 Å². The predicted molar refractivity (Wildman–Crippen MR) is 156 cm³/mol. The number of ether oxygens (including phenoxy) is 1. The summed E-state index contributed by atoms with van der Waals surface area (Å²) in [6, 6.07) is 31.0. The molecule has 4 aromatic carbocycles. The van der Waals surface area contributed by atoms with Crippen molar-refractivity contribution in [3.05, 3.63) is 125 Å². The van der Waals surface area contributed by atoms with Crippen molar-refractivity contribution in [3.63, 3.8) is 0 Å². The SMILES string of the molecule is COc1ccc(C(C)NC(=O)c2ccc3c(c2)c(C)c(C)n3Cc2ccc(-c3ccccc3C)cc2)cc1. The molecule has 5 rings (SSSR count). The average Bonchev–Trinajstić information content (AvgIpc) is 3.18. The summed E-state index contributed by atoms with van der Waals surface area (Å²) in [7, 11) is 1.65. The molecular weight excluding hydrogens is 468 g/mol. The van der Waals surface area contributed by atoms with Gasteiger partial charge in [0, 0.05) is 28.7 Å². The van der Waals surface area contributed by atoms with Crippen LogP contribution in [0.4, 0.5) is 0 Å². The molecule has 38 heavy (non-hydrogen) atoms. The Balaban J connectivity index is 1.36. The van der Waals surface area contributed by atoms with Crippen LogP contribution in [0.1, 0.15) is 51.3 Å². The number of rotatable bonds is 7. The third-order valence-electron chi connectivity index (χ3n) is 7.62. The van der Waals surface area contributed by atoms with E-state index in [2.05, 4.69) is 85.3 Å². The molecule has 1 N–H and O–H groups in total. The lowest BCUT2D eigenvalue weighted by atomic mass is 9.99. The van der Waals surface area contributed by atoms with E-state index in [9.17, 15) is 4.79 Å². The van der Waals surface area contributed by atoms with E-state index in [4.69, 9.17) is 4.74 Å². The first-order valence-corrected chi connectivity index (χ1v) is 13.0. The Kier molecular flexibility index (Phi) is 7.06. The molecule has 0 fully saturated rings. The second-order valence-corrected chi connectivity index (χ2v) is 10.0. The van der Waals surface area contributed by atoms with Gasteiger partial charge in [-0.3, -0.25) is 4.79 Å². The van der Waals surface area contributed by atoms with Crippen molar-refractivity contribution < 1.29 is 9.53 Å². The maximum atomic E-state index is 13.1. The number of carbonyl (C=O) groups is 1. The highest BCUT2D eigenvalue weighted by atomic mass is 16.5. The summed E-state index contributed by atoms with van der Waals surface area (Å²) in [4.78, 5) is 13.1. The molecule has 0 aliphatic rings. The minimum Gasteiger partial charge on any atom is -0.497 e. The summed E-state index contributed by atoms with van der Waals surface area (Å²) in [6.07, 6.45) is 0. The van der Waals surface area contributed by atoms with Gasteiger partial charge in [0.15, 0.2) is 0 Å². The third-order valence-corrected chi connectivity index (χ3v) is 7.62. The number of hydrogen-bond donors (Lipinski definition) is 1. The van der Waals surface area contributed by atoms with E-state index in [-0.39, 0.29) is 11.9 Å². The molecule has 4 nitrogen and oxygen atoms in total. The molecule has 4 heteroatoms. The summed E-state index contributed by atoms with van der Waals surface area (Å²) in [5, 5.41) is 4.25. The summed E-state index contributed by atoms with van der Waals surface area (Å²) >= 11 is 0. The number of nitrogens with one attached hydrogen (secondary N) is 1.